The van der Waals surface area contributed by atoms with E-state index in [4.69, 9.17) is 9.47 Å². The molecule has 0 saturated carbocycles. The van der Waals surface area contributed by atoms with Crippen molar-refractivity contribution in [3.8, 4) is 22.9 Å². The Bertz CT molecular complexity index is 1190. The average molecular weight is 406 g/mol. The van der Waals surface area contributed by atoms with Crippen molar-refractivity contribution in [2.75, 3.05) is 12.4 Å². The first-order chi connectivity index (χ1) is 14.5. The van der Waals surface area contributed by atoms with Crippen LogP contribution in [0.5, 0.6) is 11.6 Å². The van der Waals surface area contributed by atoms with Crippen molar-refractivity contribution in [1.29, 1.82) is 0 Å². The van der Waals surface area contributed by atoms with Gasteiger partial charge in [0.2, 0.25) is 5.88 Å². The molecule has 0 aliphatic heterocycles. The third-order valence-electron chi connectivity index (χ3n) is 4.46. The van der Waals surface area contributed by atoms with E-state index >= 15 is 0 Å². The molecule has 0 aliphatic rings. The number of nitrogens with one attached hydrogen (secondary N) is 1. The highest BCUT2D eigenvalue weighted by molar-refractivity contribution is 5.94. The molecule has 30 heavy (non-hydrogen) atoms. The topological polar surface area (TPSA) is 77.8 Å². The van der Waals surface area contributed by atoms with Gasteiger partial charge in [-0.1, -0.05) is 24.3 Å². The number of para-hydroxylation sites is 1. The van der Waals surface area contributed by atoms with Crippen LogP contribution in [0.4, 0.5) is 10.1 Å². The molecule has 4 aromatic rings. The number of fused-ring (bicyclic) bond motifs is 1. The Kier molecular flexibility index (Phi) is 5.30. The van der Waals surface area contributed by atoms with E-state index in [0.29, 0.717) is 17.2 Å². The monoisotopic (exact) mass is 406 g/mol. The molecule has 0 spiro atoms. The number of carbonyl (C=O) groups is 1. The number of aromatic nitrogens is 3. The highest BCUT2D eigenvalue weighted by atomic mass is 19.1. The predicted octanol–water partition coefficient (Wildman–Crippen LogP) is 3.95. The van der Waals surface area contributed by atoms with Crippen LogP contribution >= 0.6 is 0 Å². The zero-order valence-electron chi connectivity index (χ0n) is 16.4. The minimum atomic E-state index is -0.860. The van der Waals surface area contributed by atoms with Crippen LogP contribution in [-0.2, 0) is 4.79 Å². The Labute approximate surface area is 172 Å². The third kappa shape index (κ3) is 4.07. The number of amides is 1. The van der Waals surface area contributed by atoms with Crippen LogP contribution in [0.15, 0.2) is 66.9 Å². The lowest BCUT2D eigenvalue weighted by atomic mass is 10.1. The smallest absolute Gasteiger partial charge is 0.265 e. The Morgan fingerprint density at radius 2 is 1.87 bits per heavy atom. The summed E-state index contributed by atoms with van der Waals surface area (Å²) in [5, 5.41) is 7.05. The average Bonchev–Trinajstić information content (AvgIpc) is 3.19. The molecule has 7 nitrogen and oxygen atoms in total. The summed E-state index contributed by atoms with van der Waals surface area (Å²) in [4.78, 5) is 16.9. The number of benzene rings is 2. The standard InChI is InChI=1S/C22H19FN4O3/c1-14(30-19-6-4-3-5-17(19)23)22(28)24-16-9-7-15(8-10-16)18-13-27-20(25-18)11-12-21(26-27)29-2/h3-14H,1-2H3,(H,24,28)/t14-/m1/s1. The minimum absolute atomic E-state index is 0.0348. The van der Waals surface area contributed by atoms with Crippen LogP contribution in [0.2, 0.25) is 0 Å². The van der Waals surface area contributed by atoms with Crippen LogP contribution < -0.4 is 14.8 Å². The van der Waals surface area contributed by atoms with Crippen LogP contribution in [0, 0.1) is 5.82 Å². The molecule has 2 aromatic heterocycles. The zero-order chi connectivity index (χ0) is 21.1. The second-order valence-corrected chi connectivity index (χ2v) is 6.56. The van der Waals surface area contributed by atoms with Crippen LogP contribution in [0.3, 0.4) is 0 Å². The number of methoxy groups -OCH3 is 1. The van der Waals surface area contributed by atoms with Gasteiger partial charge in [-0.15, -0.1) is 5.10 Å². The van der Waals surface area contributed by atoms with Crippen molar-refractivity contribution in [2.24, 2.45) is 0 Å². The fraction of sp³-hybridized carbons (Fsp3) is 0.136. The molecular weight excluding hydrogens is 387 g/mol. The Morgan fingerprint density at radius 3 is 2.60 bits per heavy atom. The van der Waals surface area contributed by atoms with Gasteiger partial charge in [-0.2, -0.15) is 0 Å². The van der Waals surface area contributed by atoms with Gasteiger partial charge in [0.05, 0.1) is 19.0 Å². The summed E-state index contributed by atoms with van der Waals surface area (Å²) in [7, 11) is 1.56. The number of imidazole rings is 1. The molecule has 0 aliphatic carbocycles. The molecule has 1 amide bonds. The molecule has 152 valence electrons. The molecule has 8 heteroatoms. The second kappa shape index (κ2) is 8.20. The number of hydrogen-bond donors (Lipinski definition) is 1. The summed E-state index contributed by atoms with van der Waals surface area (Å²) < 4.78 is 25.9. The van der Waals surface area contributed by atoms with E-state index in [1.165, 1.54) is 12.1 Å². The van der Waals surface area contributed by atoms with Crippen LogP contribution in [0.1, 0.15) is 6.92 Å². The van der Waals surface area contributed by atoms with Gasteiger partial charge in [0.25, 0.3) is 5.91 Å². The Balaban J connectivity index is 1.44. The highest BCUT2D eigenvalue weighted by Gasteiger charge is 2.17. The van der Waals surface area contributed by atoms with Crippen molar-refractivity contribution >= 4 is 17.2 Å². The normalized spacial score (nSPS) is 11.8. The van der Waals surface area contributed by atoms with E-state index in [9.17, 15) is 9.18 Å². The predicted molar refractivity (Wildman–Crippen MR) is 110 cm³/mol. The first-order valence-electron chi connectivity index (χ1n) is 9.26. The number of ether oxygens (including phenoxy) is 2. The van der Waals surface area contributed by atoms with Crippen molar-refractivity contribution in [1.82, 2.24) is 14.6 Å². The number of nitrogens with zero attached hydrogens (tertiary/aromatic N) is 3. The fourth-order valence-electron chi connectivity index (χ4n) is 2.86. The van der Waals surface area contributed by atoms with E-state index in [1.54, 1.807) is 55.1 Å². The van der Waals surface area contributed by atoms with Crippen molar-refractivity contribution in [3.63, 3.8) is 0 Å². The second-order valence-electron chi connectivity index (χ2n) is 6.56. The van der Waals surface area contributed by atoms with Gasteiger partial charge >= 0.3 is 0 Å². The lowest BCUT2D eigenvalue weighted by Gasteiger charge is -2.15. The number of rotatable bonds is 6. The largest absolute Gasteiger partial charge is 0.480 e. The minimum Gasteiger partial charge on any atom is -0.480 e. The van der Waals surface area contributed by atoms with Crippen LogP contribution in [-0.4, -0.2) is 33.7 Å². The zero-order valence-corrected chi connectivity index (χ0v) is 16.4. The molecular formula is C22H19FN4O3. The summed E-state index contributed by atoms with van der Waals surface area (Å²) in [5.41, 5.74) is 2.90. The Hall–Kier alpha value is -3.94. The third-order valence-corrected chi connectivity index (χ3v) is 4.46. The number of anilines is 1. The molecule has 0 bridgehead atoms. The van der Waals surface area contributed by atoms with Crippen molar-refractivity contribution in [2.45, 2.75) is 13.0 Å². The van der Waals surface area contributed by atoms with Gasteiger partial charge in [-0.3, -0.25) is 4.79 Å². The molecule has 2 aromatic carbocycles. The summed E-state index contributed by atoms with van der Waals surface area (Å²) in [6, 6.07) is 16.7. The SMILES string of the molecule is COc1ccc2nc(-c3ccc(NC(=O)[C@@H](C)Oc4ccccc4F)cc3)cn2n1. The maximum absolute atomic E-state index is 13.7. The van der Waals surface area contributed by atoms with Gasteiger partial charge in [-0.05, 0) is 37.3 Å². The molecule has 0 saturated heterocycles. The lowest BCUT2D eigenvalue weighted by molar-refractivity contribution is -0.122. The number of carbonyl (C=O) groups excluding carboxylic acids is 1. The summed E-state index contributed by atoms with van der Waals surface area (Å²) in [6.07, 6.45) is 0.941. The fourth-order valence-corrected chi connectivity index (χ4v) is 2.86. The lowest BCUT2D eigenvalue weighted by Crippen LogP contribution is -2.30. The summed E-state index contributed by atoms with van der Waals surface area (Å²) >= 11 is 0. The molecule has 2 heterocycles. The van der Waals surface area contributed by atoms with Gasteiger partial charge in [0.15, 0.2) is 23.3 Å². The van der Waals surface area contributed by atoms with E-state index in [1.807, 2.05) is 18.2 Å². The molecule has 4 rings (SSSR count). The van der Waals surface area contributed by atoms with E-state index < -0.39 is 11.9 Å². The first-order valence-corrected chi connectivity index (χ1v) is 9.26. The molecule has 0 fully saturated rings. The highest BCUT2D eigenvalue weighted by Crippen LogP contribution is 2.22. The maximum atomic E-state index is 13.7. The maximum Gasteiger partial charge on any atom is 0.265 e. The molecule has 1 N–H and O–H groups in total. The van der Waals surface area contributed by atoms with E-state index in [-0.39, 0.29) is 11.7 Å². The van der Waals surface area contributed by atoms with Crippen LogP contribution in [0.25, 0.3) is 16.9 Å². The summed E-state index contributed by atoms with van der Waals surface area (Å²) in [6.45, 7) is 1.56. The van der Waals surface area contributed by atoms with Crippen molar-refractivity contribution < 1.29 is 18.7 Å². The summed E-state index contributed by atoms with van der Waals surface area (Å²) in [5.74, 6) is -0.361. The number of hydrogen-bond acceptors (Lipinski definition) is 5. The van der Waals surface area contributed by atoms with Gasteiger partial charge < -0.3 is 14.8 Å². The molecule has 1 atom stereocenters. The van der Waals surface area contributed by atoms with E-state index in [2.05, 4.69) is 15.4 Å². The van der Waals surface area contributed by atoms with Gasteiger partial charge in [0, 0.05) is 17.3 Å². The first kappa shape index (κ1) is 19.4. The Morgan fingerprint density at radius 1 is 1.10 bits per heavy atom. The van der Waals surface area contributed by atoms with Gasteiger partial charge in [0.1, 0.15) is 0 Å². The van der Waals surface area contributed by atoms with Crippen molar-refractivity contribution in [3.05, 3.63) is 72.7 Å². The quantitative estimate of drug-likeness (QED) is 0.525. The molecule has 0 unspecified atom stereocenters. The molecule has 0 radical (unpaired) electrons. The van der Waals surface area contributed by atoms with Gasteiger partial charge in [-0.25, -0.2) is 13.9 Å². The van der Waals surface area contributed by atoms with E-state index in [0.717, 1.165) is 11.3 Å². The number of halogens is 1.